The van der Waals surface area contributed by atoms with E-state index in [4.69, 9.17) is 0 Å². The fourth-order valence-electron chi connectivity index (χ4n) is 3.76. The van der Waals surface area contributed by atoms with Crippen LogP contribution in [0.3, 0.4) is 0 Å². The third-order valence-electron chi connectivity index (χ3n) is 5.49. The topological polar surface area (TPSA) is 126 Å². The zero-order valence-corrected chi connectivity index (χ0v) is 20.6. The van der Waals surface area contributed by atoms with Crippen molar-refractivity contribution in [2.45, 2.75) is 63.7 Å². The number of nitrogens with one attached hydrogen (secondary N) is 3. The smallest absolute Gasteiger partial charge is 0.356 e. The number of rotatable bonds is 12. The van der Waals surface area contributed by atoms with Crippen LogP contribution in [0.15, 0.2) is 5.38 Å². The molecule has 0 radical (unpaired) electrons. The maximum Gasteiger partial charge on any atom is 0.522 e. The van der Waals surface area contributed by atoms with Crippen LogP contribution in [0.1, 0.15) is 55.0 Å². The van der Waals surface area contributed by atoms with Crippen LogP contribution in [0.2, 0.25) is 0 Å². The van der Waals surface area contributed by atoms with Gasteiger partial charge in [0.15, 0.2) is 5.01 Å². The van der Waals surface area contributed by atoms with Crippen molar-refractivity contribution < 1.29 is 50.3 Å². The minimum atomic E-state index is -5.00. The highest BCUT2D eigenvalue weighted by Gasteiger charge is 2.41. The Balaban J connectivity index is 2.24. The Labute approximate surface area is 211 Å². The van der Waals surface area contributed by atoms with E-state index < -0.39 is 71.5 Å². The van der Waals surface area contributed by atoms with E-state index in [-0.39, 0.29) is 49.3 Å². The highest BCUT2D eigenvalue weighted by molar-refractivity contribution is 7.10. The largest absolute Gasteiger partial charge is 0.522 e. The van der Waals surface area contributed by atoms with Crippen molar-refractivity contribution in [2.75, 3.05) is 13.2 Å². The average Bonchev–Trinajstić information content (AvgIpc) is 3.41. The molecule has 3 N–H and O–H groups in total. The highest BCUT2D eigenvalue weighted by Crippen LogP contribution is 2.32. The summed E-state index contributed by atoms with van der Waals surface area (Å²) in [5.74, 6) is -3.48. The lowest BCUT2D eigenvalue weighted by Gasteiger charge is -2.33. The van der Waals surface area contributed by atoms with Gasteiger partial charge in [0.25, 0.3) is 5.91 Å². The van der Waals surface area contributed by atoms with Crippen LogP contribution in [0.5, 0.6) is 0 Å². The molecule has 1 aliphatic heterocycles. The van der Waals surface area contributed by atoms with Crippen LogP contribution >= 0.6 is 11.3 Å². The van der Waals surface area contributed by atoms with E-state index in [2.05, 4.69) is 25.7 Å². The van der Waals surface area contributed by atoms with Gasteiger partial charge in [0.2, 0.25) is 11.8 Å². The van der Waals surface area contributed by atoms with Gasteiger partial charge < -0.3 is 20.7 Å². The van der Waals surface area contributed by atoms with Crippen molar-refractivity contribution in [3.8, 4) is 0 Å². The second-order valence-electron chi connectivity index (χ2n) is 8.98. The molecule has 1 aliphatic rings. The van der Waals surface area contributed by atoms with Crippen LogP contribution in [0, 0.1) is 11.8 Å². The van der Waals surface area contributed by atoms with E-state index in [1.54, 1.807) is 13.8 Å². The Morgan fingerprint density at radius 3 is 2.43 bits per heavy atom. The quantitative estimate of drug-likeness (QED) is 0.267. The predicted molar refractivity (Wildman–Crippen MR) is 117 cm³/mol. The number of hydrogen-bond donors (Lipinski definition) is 3. The number of thiazole rings is 1. The van der Waals surface area contributed by atoms with Crippen LogP contribution in [0.25, 0.3) is 0 Å². The van der Waals surface area contributed by atoms with Crippen LogP contribution < -0.4 is 16.0 Å². The molecule has 0 bridgehead atoms. The number of aromatic nitrogens is 1. The summed E-state index contributed by atoms with van der Waals surface area (Å²) < 4.78 is 79.8. The molecule has 9 nitrogen and oxygen atoms in total. The van der Waals surface area contributed by atoms with Gasteiger partial charge in [-0.25, -0.2) is 4.98 Å². The number of hydrogen-bond acceptors (Lipinski definition) is 7. The normalized spacial score (nSPS) is 18.7. The first kappa shape index (κ1) is 30.5. The SMILES string of the molecule is CC(C)C[C@H](NC(=O)c1csc(C(F)(F)F)n1)C(=O)N[C@@](C=O)(CCOC(F)(F)F)CC1CCNC1=O. The van der Waals surface area contributed by atoms with Gasteiger partial charge in [-0.15, -0.1) is 24.5 Å². The summed E-state index contributed by atoms with van der Waals surface area (Å²) in [5, 5.41) is 6.78. The molecule has 1 saturated heterocycles. The zero-order valence-electron chi connectivity index (χ0n) is 19.8. The van der Waals surface area contributed by atoms with E-state index in [0.29, 0.717) is 0 Å². The second kappa shape index (κ2) is 12.2. The molecule has 0 saturated carbocycles. The molecule has 0 aliphatic carbocycles. The molecule has 2 heterocycles. The van der Waals surface area contributed by atoms with Crippen molar-refractivity contribution in [1.82, 2.24) is 20.9 Å². The minimum Gasteiger partial charge on any atom is -0.356 e. The zero-order chi connectivity index (χ0) is 28.0. The number of nitrogens with zero attached hydrogens (tertiary/aromatic N) is 1. The molecular formula is C21H26F6N4O5S. The number of carbonyl (C=O) groups excluding carboxylic acids is 4. The van der Waals surface area contributed by atoms with Crippen LogP contribution in [-0.4, -0.2) is 60.1 Å². The summed E-state index contributed by atoms with van der Waals surface area (Å²) >= 11 is 0.189. The summed E-state index contributed by atoms with van der Waals surface area (Å²) in [5.41, 5.74) is -2.53. The Kier molecular flexibility index (Phi) is 10.0. The molecule has 3 atom stereocenters. The molecule has 1 fully saturated rings. The fraction of sp³-hybridized carbons (Fsp3) is 0.667. The minimum absolute atomic E-state index is 0.0221. The Morgan fingerprint density at radius 1 is 1.27 bits per heavy atom. The third kappa shape index (κ3) is 9.25. The number of aldehydes is 1. The lowest BCUT2D eigenvalue weighted by atomic mass is 9.84. The van der Waals surface area contributed by atoms with Crippen LogP contribution in [0.4, 0.5) is 26.3 Å². The monoisotopic (exact) mass is 560 g/mol. The number of amides is 3. The van der Waals surface area contributed by atoms with E-state index in [9.17, 15) is 45.5 Å². The van der Waals surface area contributed by atoms with Crippen molar-refractivity contribution in [3.05, 3.63) is 16.1 Å². The summed E-state index contributed by atoms with van der Waals surface area (Å²) in [6.07, 6.45) is -10.2. The summed E-state index contributed by atoms with van der Waals surface area (Å²) in [6.45, 7) is 2.65. The van der Waals surface area contributed by atoms with Gasteiger partial charge in [0.1, 0.15) is 18.0 Å². The molecular weight excluding hydrogens is 534 g/mol. The molecule has 16 heteroatoms. The molecule has 0 aromatic carbocycles. The third-order valence-corrected chi connectivity index (χ3v) is 6.38. The van der Waals surface area contributed by atoms with Gasteiger partial charge in [-0.2, -0.15) is 13.2 Å². The van der Waals surface area contributed by atoms with Gasteiger partial charge >= 0.3 is 12.5 Å². The van der Waals surface area contributed by atoms with Gasteiger partial charge in [0, 0.05) is 24.3 Å². The van der Waals surface area contributed by atoms with Gasteiger partial charge in [0.05, 0.1) is 12.1 Å². The first-order valence-corrected chi connectivity index (χ1v) is 12.0. The Morgan fingerprint density at radius 2 is 1.95 bits per heavy atom. The van der Waals surface area contributed by atoms with E-state index in [1.807, 2.05) is 0 Å². The maximum absolute atomic E-state index is 13.2. The molecule has 3 amide bonds. The lowest BCUT2D eigenvalue weighted by Crippen LogP contribution is -2.58. The lowest BCUT2D eigenvalue weighted by molar-refractivity contribution is -0.325. The number of carbonyl (C=O) groups is 4. The van der Waals surface area contributed by atoms with Gasteiger partial charge in [-0.3, -0.25) is 19.1 Å². The Bertz CT molecular complexity index is 983. The molecule has 208 valence electrons. The summed E-state index contributed by atoms with van der Waals surface area (Å²) in [6, 6.07) is -1.37. The number of halogens is 6. The first-order chi connectivity index (χ1) is 17.0. The second-order valence-corrected chi connectivity index (χ2v) is 9.84. The molecule has 1 aromatic heterocycles. The average molecular weight is 561 g/mol. The predicted octanol–water partition coefficient (Wildman–Crippen LogP) is 2.81. The molecule has 2 rings (SSSR count). The van der Waals surface area contributed by atoms with Crippen molar-refractivity contribution in [2.24, 2.45) is 11.8 Å². The maximum atomic E-state index is 13.2. The molecule has 1 aromatic rings. The van der Waals surface area contributed by atoms with Crippen molar-refractivity contribution in [1.29, 1.82) is 0 Å². The van der Waals surface area contributed by atoms with Crippen LogP contribution in [-0.2, 0) is 25.3 Å². The standard InChI is InChI=1S/C21H26F6N4O5S/c1-11(2)7-13(29-16(34)14-9-37-18(30-14)20(22,23)24)17(35)31-19(10-32,4-6-36-21(25,26)27)8-12-3-5-28-15(12)33/h9-13H,3-8H2,1-2H3,(H,28,33)(H,29,34)(H,31,35)/t12?,13-,19-/m0/s1. The highest BCUT2D eigenvalue weighted by atomic mass is 32.1. The molecule has 1 unspecified atom stereocenters. The van der Waals surface area contributed by atoms with Crippen molar-refractivity contribution >= 4 is 35.3 Å². The number of alkyl halides is 6. The van der Waals surface area contributed by atoms with Gasteiger partial charge in [-0.1, -0.05) is 13.8 Å². The van der Waals surface area contributed by atoms with E-state index >= 15 is 0 Å². The van der Waals surface area contributed by atoms with Crippen molar-refractivity contribution in [3.63, 3.8) is 0 Å². The number of ether oxygens (including phenoxy) is 1. The first-order valence-electron chi connectivity index (χ1n) is 11.2. The summed E-state index contributed by atoms with van der Waals surface area (Å²) in [7, 11) is 0. The van der Waals surface area contributed by atoms with Gasteiger partial charge in [-0.05, 0) is 25.2 Å². The molecule has 37 heavy (non-hydrogen) atoms. The molecule has 0 spiro atoms. The van der Waals surface area contributed by atoms with E-state index in [1.165, 1.54) is 0 Å². The van der Waals surface area contributed by atoms with E-state index in [0.717, 1.165) is 5.38 Å². The fourth-order valence-corrected chi connectivity index (χ4v) is 4.42. The Hall–Kier alpha value is -2.75. The summed E-state index contributed by atoms with van der Waals surface area (Å²) in [4.78, 5) is 53.1.